The summed E-state index contributed by atoms with van der Waals surface area (Å²) < 4.78 is 36.6. The molecule has 2 atom stereocenters. The summed E-state index contributed by atoms with van der Waals surface area (Å²) in [7, 11) is 0. The molecule has 1 N–H and O–H groups in total. The molecule has 0 spiro atoms. The predicted octanol–water partition coefficient (Wildman–Crippen LogP) is 5.65. The third-order valence-electron chi connectivity index (χ3n) is 7.28. The first kappa shape index (κ1) is 27.6. The molecular formula is C30H28F2N4O3S2. The Morgan fingerprint density at radius 1 is 1.17 bits per heavy atom. The molecule has 41 heavy (non-hydrogen) atoms. The lowest BCUT2D eigenvalue weighted by Crippen LogP contribution is -2.44. The fraction of sp³-hybridized carbons (Fsp3) is 0.300. The van der Waals surface area contributed by atoms with Crippen LogP contribution in [-0.4, -0.2) is 53.1 Å². The number of halogens is 2. The molecule has 11 heteroatoms. The second-order valence-electron chi connectivity index (χ2n) is 10.0. The minimum atomic E-state index is -0.704. The average molecular weight is 595 g/mol. The molecule has 0 radical (unpaired) electrons. The van der Waals surface area contributed by atoms with E-state index in [0.717, 1.165) is 35.0 Å². The van der Waals surface area contributed by atoms with E-state index in [1.807, 2.05) is 48.7 Å². The van der Waals surface area contributed by atoms with Gasteiger partial charge < -0.3 is 10.1 Å². The SMILES string of the molecule is Cc1ccccc1-n1nc(-c2cccs2)c2c1N(CC(=O)NC[C@@H]1CCCO1)C(=O)CS[C@@H]2c1ccc(F)cc1F. The van der Waals surface area contributed by atoms with E-state index in [1.165, 1.54) is 40.1 Å². The number of nitrogens with zero attached hydrogens (tertiary/aromatic N) is 3. The third-order valence-corrected chi connectivity index (χ3v) is 9.40. The van der Waals surface area contributed by atoms with Crippen molar-refractivity contribution in [2.75, 3.05) is 30.3 Å². The van der Waals surface area contributed by atoms with Gasteiger partial charge in [-0.1, -0.05) is 30.3 Å². The van der Waals surface area contributed by atoms with Gasteiger partial charge in [-0.05, 0) is 48.9 Å². The molecule has 2 aromatic carbocycles. The number of anilines is 1. The highest BCUT2D eigenvalue weighted by atomic mass is 32.2. The minimum absolute atomic E-state index is 0.00711. The molecule has 4 aromatic rings. The summed E-state index contributed by atoms with van der Waals surface area (Å²) in [6.45, 7) is 2.74. The van der Waals surface area contributed by atoms with Gasteiger partial charge in [-0.25, -0.2) is 13.5 Å². The molecule has 1 fully saturated rings. The van der Waals surface area contributed by atoms with Gasteiger partial charge in [-0.15, -0.1) is 23.1 Å². The highest BCUT2D eigenvalue weighted by Crippen LogP contribution is 2.49. The van der Waals surface area contributed by atoms with Crippen LogP contribution in [0, 0.1) is 18.6 Å². The second-order valence-corrected chi connectivity index (χ2v) is 12.1. The van der Waals surface area contributed by atoms with E-state index in [0.29, 0.717) is 30.2 Å². The molecule has 7 nitrogen and oxygen atoms in total. The zero-order chi connectivity index (χ0) is 28.5. The topological polar surface area (TPSA) is 76.5 Å². The van der Waals surface area contributed by atoms with Gasteiger partial charge in [0.1, 0.15) is 29.7 Å². The number of benzene rings is 2. The first-order chi connectivity index (χ1) is 19.9. The van der Waals surface area contributed by atoms with Crippen molar-refractivity contribution in [1.82, 2.24) is 15.1 Å². The number of aromatic nitrogens is 2. The van der Waals surface area contributed by atoms with Gasteiger partial charge in [0, 0.05) is 30.3 Å². The predicted molar refractivity (Wildman–Crippen MR) is 157 cm³/mol. The van der Waals surface area contributed by atoms with Crippen LogP contribution in [-0.2, 0) is 14.3 Å². The Labute approximate surface area is 244 Å². The Morgan fingerprint density at radius 3 is 2.76 bits per heavy atom. The Hall–Kier alpha value is -3.54. The number of thiophene rings is 1. The van der Waals surface area contributed by atoms with Crippen molar-refractivity contribution in [3.63, 3.8) is 0 Å². The van der Waals surface area contributed by atoms with E-state index in [4.69, 9.17) is 9.84 Å². The average Bonchev–Trinajstić information content (AvgIpc) is 3.72. The van der Waals surface area contributed by atoms with E-state index in [9.17, 15) is 14.0 Å². The van der Waals surface area contributed by atoms with Gasteiger partial charge in [0.05, 0.1) is 27.7 Å². The maximum absolute atomic E-state index is 15.3. The molecule has 212 valence electrons. The molecule has 0 saturated carbocycles. The van der Waals surface area contributed by atoms with E-state index in [1.54, 1.807) is 4.68 Å². The van der Waals surface area contributed by atoms with E-state index in [-0.39, 0.29) is 35.8 Å². The number of thioether (sulfide) groups is 1. The molecule has 2 aromatic heterocycles. The molecule has 6 rings (SSSR count). The largest absolute Gasteiger partial charge is 0.376 e. The molecule has 0 unspecified atom stereocenters. The Bertz CT molecular complexity index is 1580. The van der Waals surface area contributed by atoms with Crippen LogP contribution < -0.4 is 10.2 Å². The molecule has 0 aliphatic carbocycles. The monoisotopic (exact) mass is 594 g/mol. The summed E-state index contributed by atoms with van der Waals surface area (Å²) in [5, 5.41) is 9.16. The lowest BCUT2D eigenvalue weighted by molar-refractivity contribution is -0.123. The number of rotatable bonds is 7. The van der Waals surface area contributed by atoms with E-state index >= 15 is 4.39 Å². The zero-order valence-corrected chi connectivity index (χ0v) is 23.9. The summed E-state index contributed by atoms with van der Waals surface area (Å²) in [4.78, 5) is 29.3. The second kappa shape index (κ2) is 11.8. The van der Waals surface area contributed by atoms with Crippen LogP contribution in [0.5, 0.6) is 0 Å². The number of ether oxygens (including phenoxy) is 1. The molecule has 4 heterocycles. The van der Waals surface area contributed by atoms with Crippen LogP contribution in [0.15, 0.2) is 60.0 Å². The Morgan fingerprint density at radius 2 is 2.02 bits per heavy atom. The van der Waals surface area contributed by atoms with Gasteiger partial charge in [0.15, 0.2) is 0 Å². The normalized spacial score (nSPS) is 18.8. The number of carbonyl (C=O) groups excluding carboxylic acids is 2. The van der Waals surface area contributed by atoms with Crippen LogP contribution in [0.3, 0.4) is 0 Å². The van der Waals surface area contributed by atoms with Crippen LogP contribution in [0.1, 0.15) is 34.8 Å². The summed E-state index contributed by atoms with van der Waals surface area (Å²) >= 11 is 2.72. The van der Waals surface area contributed by atoms with Gasteiger partial charge in [-0.3, -0.25) is 14.5 Å². The van der Waals surface area contributed by atoms with Crippen molar-refractivity contribution >= 4 is 40.7 Å². The molecule has 2 amide bonds. The van der Waals surface area contributed by atoms with Crippen molar-refractivity contribution in [2.24, 2.45) is 0 Å². The highest BCUT2D eigenvalue weighted by Gasteiger charge is 2.39. The van der Waals surface area contributed by atoms with Crippen LogP contribution in [0.4, 0.5) is 14.6 Å². The summed E-state index contributed by atoms with van der Waals surface area (Å²) in [5.41, 5.74) is 3.07. The number of fused-ring (bicyclic) bond motifs is 1. The summed E-state index contributed by atoms with van der Waals surface area (Å²) in [5.74, 6) is -1.62. The number of carbonyl (C=O) groups is 2. The van der Waals surface area contributed by atoms with Crippen molar-refractivity contribution in [2.45, 2.75) is 31.1 Å². The van der Waals surface area contributed by atoms with Gasteiger partial charge in [0.2, 0.25) is 11.8 Å². The fourth-order valence-corrected chi connectivity index (χ4v) is 7.22. The molecule has 2 aliphatic heterocycles. The van der Waals surface area contributed by atoms with Crippen molar-refractivity contribution in [1.29, 1.82) is 0 Å². The molecule has 0 bridgehead atoms. The number of amides is 2. The summed E-state index contributed by atoms with van der Waals surface area (Å²) in [6.07, 6.45) is 1.78. The smallest absolute Gasteiger partial charge is 0.240 e. The highest BCUT2D eigenvalue weighted by molar-refractivity contribution is 8.00. The maximum Gasteiger partial charge on any atom is 0.240 e. The van der Waals surface area contributed by atoms with Gasteiger partial charge in [-0.2, -0.15) is 5.10 Å². The maximum atomic E-state index is 15.3. The number of hydrogen-bond acceptors (Lipinski definition) is 6. The van der Waals surface area contributed by atoms with Gasteiger partial charge in [0.25, 0.3) is 0 Å². The molecule has 2 aliphatic rings. The molecule has 1 saturated heterocycles. The van der Waals surface area contributed by atoms with Crippen molar-refractivity contribution < 1.29 is 23.1 Å². The fourth-order valence-electron chi connectivity index (χ4n) is 5.28. The number of aryl methyl sites for hydroxylation is 1. The first-order valence-electron chi connectivity index (χ1n) is 13.4. The van der Waals surface area contributed by atoms with Gasteiger partial charge >= 0.3 is 0 Å². The minimum Gasteiger partial charge on any atom is -0.376 e. The quantitative estimate of drug-likeness (QED) is 0.299. The van der Waals surface area contributed by atoms with Crippen LogP contribution in [0.25, 0.3) is 16.3 Å². The Balaban J connectivity index is 1.53. The Kier molecular flexibility index (Phi) is 7.92. The van der Waals surface area contributed by atoms with Crippen molar-refractivity contribution in [3.05, 3.63) is 88.3 Å². The zero-order valence-electron chi connectivity index (χ0n) is 22.3. The third kappa shape index (κ3) is 5.53. The number of nitrogens with one attached hydrogen (secondary N) is 1. The number of para-hydroxylation sites is 1. The standard InChI is InChI=1S/C30H28F2N4O3S2/c1-18-6-2-3-8-23(18)36-30-27(28(34-36)24-9-5-13-40-24)29(21-11-10-19(31)14-22(21)32)41-17-26(38)35(30)16-25(37)33-15-20-7-4-12-39-20/h2-3,5-6,8-11,13-14,20,29H,4,7,12,15-17H2,1H3,(H,33,37)/t20-,29+/m0/s1. The number of hydrogen-bond donors (Lipinski definition) is 1. The lowest BCUT2D eigenvalue weighted by atomic mass is 10.0. The lowest BCUT2D eigenvalue weighted by Gasteiger charge is -2.24. The summed E-state index contributed by atoms with van der Waals surface area (Å²) in [6, 6.07) is 14.9. The van der Waals surface area contributed by atoms with Crippen LogP contribution >= 0.6 is 23.1 Å². The molecular weight excluding hydrogens is 566 g/mol. The van der Waals surface area contributed by atoms with Crippen LogP contribution in [0.2, 0.25) is 0 Å². The van der Waals surface area contributed by atoms with E-state index < -0.39 is 16.9 Å². The first-order valence-corrected chi connectivity index (χ1v) is 15.3. The van der Waals surface area contributed by atoms with Crippen molar-refractivity contribution in [3.8, 4) is 16.3 Å². The van der Waals surface area contributed by atoms with E-state index in [2.05, 4.69) is 5.32 Å².